The highest BCUT2D eigenvalue weighted by Gasteiger charge is 2.23. The second-order valence-corrected chi connectivity index (χ2v) is 7.44. The SMILES string of the molecule is CNC(=O)c1cc(C(=O)OC(C)(C)C)cc(C(O)c2cccc3[nH]ccc23)n1. The molecule has 3 rings (SSSR count). The van der Waals surface area contributed by atoms with Gasteiger partial charge in [-0.05, 0) is 50.6 Å². The third-order valence-electron chi connectivity index (χ3n) is 4.14. The van der Waals surface area contributed by atoms with Gasteiger partial charge in [-0.3, -0.25) is 4.79 Å². The van der Waals surface area contributed by atoms with Gasteiger partial charge in [0.1, 0.15) is 17.4 Å². The van der Waals surface area contributed by atoms with Crippen LogP contribution in [-0.2, 0) is 4.74 Å². The lowest BCUT2D eigenvalue weighted by molar-refractivity contribution is 0.00691. The quantitative estimate of drug-likeness (QED) is 0.603. The molecule has 1 amide bonds. The predicted octanol–water partition coefficient (Wildman–Crippen LogP) is 2.96. The van der Waals surface area contributed by atoms with Crippen LogP contribution >= 0.6 is 0 Å². The van der Waals surface area contributed by atoms with Crippen LogP contribution in [0.1, 0.15) is 59.0 Å². The highest BCUT2D eigenvalue weighted by atomic mass is 16.6. The van der Waals surface area contributed by atoms with Gasteiger partial charge in [0.15, 0.2) is 0 Å². The second kappa shape index (κ2) is 7.44. The topological polar surface area (TPSA) is 104 Å². The fourth-order valence-corrected chi connectivity index (χ4v) is 2.90. The Labute approximate surface area is 162 Å². The lowest BCUT2D eigenvalue weighted by Crippen LogP contribution is -2.25. The van der Waals surface area contributed by atoms with Crippen LogP contribution in [0, 0.1) is 0 Å². The molecular weight excluding hydrogens is 358 g/mol. The Morgan fingerprint density at radius 1 is 1.21 bits per heavy atom. The van der Waals surface area contributed by atoms with Gasteiger partial charge < -0.3 is 20.1 Å². The molecule has 1 unspecified atom stereocenters. The van der Waals surface area contributed by atoms with Crippen molar-refractivity contribution in [3.8, 4) is 0 Å². The maximum absolute atomic E-state index is 12.5. The molecule has 0 saturated carbocycles. The number of aromatic amines is 1. The zero-order chi connectivity index (χ0) is 20.5. The summed E-state index contributed by atoms with van der Waals surface area (Å²) in [5.74, 6) is -1.05. The highest BCUT2D eigenvalue weighted by molar-refractivity contribution is 5.96. The van der Waals surface area contributed by atoms with E-state index in [4.69, 9.17) is 4.74 Å². The summed E-state index contributed by atoms with van der Waals surface area (Å²) in [5, 5.41) is 14.3. The Morgan fingerprint density at radius 3 is 2.64 bits per heavy atom. The number of amides is 1. The van der Waals surface area contributed by atoms with E-state index in [1.807, 2.05) is 18.2 Å². The normalized spacial score (nSPS) is 12.6. The van der Waals surface area contributed by atoms with Crippen LogP contribution in [0.25, 0.3) is 10.9 Å². The molecule has 0 bridgehead atoms. The first kappa shape index (κ1) is 19.6. The van der Waals surface area contributed by atoms with Crippen LogP contribution in [0.15, 0.2) is 42.6 Å². The summed E-state index contributed by atoms with van der Waals surface area (Å²) in [5.41, 5.74) is 1.17. The summed E-state index contributed by atoms with van der Waals surface area (Å²) in [4.78, 5) is 32.0. The van der Waals surface area contributed by atoms with Crippen LogP contribution in [-0.4, -0.2) is 39.6 Å². The largest absolute Gasteiger partial charge is 0.456 e. The summed E-state index contributed by atoms with van der Waals surface area (Å²) in [6.45, 7) is 5.27. The van der Waals surface area contributed by atoms with Gasteiger partial charge >= 0.3 is 5.97 Å². The Balaban J connectivity index is 2.09. The second-order valence-electron chi connectivity index (χ2n) is 7.44. The third-order valence-corrected chi connectivity index (χ3v) is 4.14. The minimum absolute atomic E-state index is 0.0288. The van der Waals surface area contributed by atoms with Crippen molar-refractivity contribution in [2.75, 3.05) is 7.05 Å². The molecule has 0 fully saturated rings. The standard InChI is InChI=1S/C21H23N3O4/c1-21(2,3)28-20(27)12-10-16(24-17(11-12)19(26)22-4)18(25)14-6-5-7-15-13(14)8-9-23-15/h5-11,18,23,25H,1-4H3,(H,22,26). The number of nitrogens with zero attached hydrogens (tertiary/aromatic N) is 1. The number of benzene rings is 1. The molecule has 28 heavy (non-hydrogen) atoms. The van der Waals surface area contributed by atoms with E-state index in [1.54, 1.807) is 33.0 Å². The van der Waals surface area contributed by atoms with E-state index in [1.165, 1.54) is 19.2 Å². The van der Waals surface area contributed by atoms with E-state index in [2.05, 4.69) is 15.3 Å². The first-order chi connectivity index (χ1) is 13.2. The van der Waals surface area contributed by atoms with Crippen LogP contribution in [0.5, 0.6) is 0 Å². The van der Waals surface area contributed by atoms with E-state index in [0.29, 0.717) is 5.56 Å². The molecule has 7 nitrogen and oxygen atoms in total. The van der Waals surface area contributed by atoms with Gasteiger partial charge in [-0.2, -0.15) is 0 Å². The molecule has 146 valence electrons. The molecule has 7 heteroatoms. The van der Waals surface area contributed by atoms with Crippen molar-refractivity contribution in [1.82, 2.24) is 15.3 Å². The Kier molecular flexibility index (Phi) is 5.20. The van der Waals surface area contributed by atoms with Crippen molar-refractivity contribution in [1.29, 1.82) is 0 Å². The smallest absolute Gasteiger partial charge is 0.338 e. The van der Waals surface area contributed by atoms with Gasteiger partial charge in [0.2, 0.25) is 0 Å². The summed E-state index contributed by atoms with van der Waals surface area (Å²) in [6, 6.07) is 10.2. The van der Waals surface area contributed by atoms with Crippen LogP contribution in [0.4, 0.5) is 0 Å². The van der Waals surface area contributed by atoms with Crippen molar-refractivity contribution in [3.63, 3.8) is 0 Å². The molecular formula is C21H23N3O4. The molecule has 0 aliphatic rings. The molecule has 3 aromatic rings. The number of aromatic nitrogens is 2. The Hall–Kier alpha value is -3.19. The van der Waals surface area contributed by atoms with Crippen LogP contribution < -0.4 is 5.32 Å². The number of hydrogen-bond donors (Lipinski definition) is 3. The van der Waals surface area contributed by atoms with Crippen molar-refractivity contribution < 1.29 is 19.4 Å². The number of rotatable bonds is 4. The van der Waals surface area contributed by atoms with Crippen molar-refractivity contribution >= 4 is 22.8 Å². The van der Waals surface area contributed by atoms with E-state index in [9.17, 15) is 14.7 Å². The average molecular weight is 381 g/mol. The molecule has 0 saturated heterocycles. The number of fused-ring (bicyclic) bond motifs is 1. The molecule has 1 aromatic carbocycles. The monoisotopic (exact) mass is 381 g/mol. The number of esters is 1. The highest BCUT2D eigenvalue weighted by Crippen LogP contribution is 2.28. The average Bonchev–Trinajstić information content (AvgIpc) is 3.13. The summed E-state index contributed by atoms with van der Waals surface area (Å²) in [7, 11) is 1.47. The van der Waals surface area contributed by atoms with E-state index < -0.39 is 23.6 Å². The molecule has 0 aliphatic heterocycles. The first-order valence-corrected chi connectivity index (χ1v) is 8.91. The maximum atomic E-state index is 12.5. The molecule has 0 spiro atoms. The zero-order valence-electron chi connectivity index (χ0n) is 16.2. The van der Waals surface area contributed by atoms with Gasteiger partial charge in [-0.25, -0.2) is 9.78 Å². The number of carbonyl (C=O) groups excluding carboxylic acids is 2. The summed E-state index contributed by atoms with van der Waals surface area (Å²) >= 11 is 0. The van der Waals surface area contributed by atoms with Crippen molar-refractivity contribution in [2.45, 2.75) is 32.5 Å². The number of hydrogen-bond acceptors (Lipinski definition) is 5. The van der Waals surface area contributed by atoms with Crippen LogP contribution in [0.3, 0.4) is 0 Å². The van der Waals surface area contributed by atoms with E-state index >= 15 is 0 Å². The first-order valence-electron chi connectivity index (χ1n) is 8.91. The summed E-state index contributed by atoms with van der Waals surface area (Å²) in [6.07, 6.45) is 0.659. The third kappa shape index (κ3) is 4.04. The minimum atomic E-state index is -1.12. The van der Waals surface area contributed by atoms with Crippen molar-refractivity contribution in [2.24, 2.45) is 0 Å². The number of H-pyrrole nitrogens is 1. The van der Waals surface area contributed by atoms with Crippen LogP contribution in [0.2, 0.25) is 0 Å². The number of carbonyl (C=O) groups is 2. The Morgan fingerprint density at radius 2 is 1.96 bits per heavy atom. The predicted molar refractivity (Wildman–Crippen MR) is 105 cm³/mol. The van der Waals surface area contributed by atoms with Gasteiger partial charge in [0, 0.05) is 24.1 Å². The number of nitrogens with one attached hydrogen (secondary N) is 2. The number of aliphatic hydroxyl groups is 1. The minimum Gasteiger partial charge on any atom is -0.456 e. The van der Waals surface area contributed by atoms with Gasteiger partial charge in [-0.1, -0.05) is 12.1 Å². The maximum Gasteiger partial charge on any atom is 0.338 e. The van der Waals surface area contributed by atoms with Gasteiger partial charge in [-0.15, -0.1) is 0 Å². The van der Waals surface area contributed by atoms with Gasteiger partial charge in [0.05, 0.1) is 11.3 Å². The van der Waals surface area contributed by atoms with Gasteiger partial charge in [0.25, 0.3) is 5.91 Å². The fourth-order valence-electron chi connectivity index (χ4n) is 2.90. The number of pyridine rings is 1. The molecule has 2 heterocycles. The lowest BCUT2D eigenvalue weighted by Gasteiger charge is -2.20. The molecule has 3 N–H and O–H groups in total. The number of aliphatic hydroxyl groups excluding tert-OH is 1. The van der Waals surface area contributed by atoms with E-state index in [-0.39, 0.29) is 17.0 Å². The molecule has 0 radical (unpaired) electrons. The molecule has 2 aromatic heterocycles. The molecule has 0 aliphatic carbocycles. The van der Waals surface area contributed by atoms with Crippen molar-refractivity contribution in [3.05, 3.63) is 65.1 Å². The lowest BCUT2D eigenvalue weighted by atomic mass is 10.0. The summed E-state index contributed by atoms with van der Waals surface area (Å²) < 4.78 is 5.41. The number of ether oxygens (including phenoxy) is 1. The zero-order valence-corrected chi connectivity index (χ0v) is 16.2. The molecule has 1 atom stereocenters. The fraction of sp³-hybridized carbons (Fsp3) is 0.286. The Bertz CT molecular complexity index is 1030. The van der Waals surface area contributed by atoms with E-state index in [0.717, 1.165) is 10.9 Å².